The molecule has 7 nitrogen and oxygen atoms in total. The number of Topliss-reactive ketones (excluding diaryl/α,β-unsaturated/α-hetero) is 1. The zero-order valence-electron chi connectivity index (χ0n) is 12.5. The van der Waals surface area contributed by atoms with Gasteiger partial charge < -0.3 is 10.1 Å². The summed E-state index contributed by atoms with van der Waals surface area (Å²) in [5, 5.41) is 2.58. The van der Waals surface area contributed by atoms with Crippen LogP contribution in [0.25, 0.3) is 0 Å². The highest BCUT2D eigenvalue weighted by Crippen LogP contribution is 2.05. The summed E-state index contributed by atoms with van der Waals surface area (Å²) < 4.78 is 5.07. The Morgan fingerprint density at radius 1 is 1.38 bits per heavy atom. The molecular weight excluding hydrogens is 294 g/mol. The smallest absolute Gasteiger partial charge is 0.372 e. The van der Waals surface area contributed by atoms with Gasteiger partial charge in [0.2, 0.25) is 11.7 Å². The Morgan fingerprint density at radius 2 is 2.05 bits per heavy atom. The van der Waals surface area contributed by atoms with E-state index >= 15 is 0 Å². The minimum atomic E-state index is -0.861. The van der Waals surface area contributed by atoms with Crippen LogP contribution in [0.3, 0.4) is 0 Å². The van der Waals surface area contributed by atoms with Crippen LogP contribution in [-0.2, 0) is 19.1 Å². The van der Waals surface area contributed by atoms with Gasteiger partial charge in [-0.1, -0.05) is 6.92 Å². The molecule has 0 bridgehead atoms. The molecule has 0 aliphatic rings. The van der Waals surface area contributed by atoms with Crippen LogP contribution in [0.5, 0.6) is 0 Å². The van der Waals surface area contributed by atoms with Crippen molar-refractivity contribution in [3.63, 3.8) is 0 Å². The SMILES string of the molecule is CCSCC(=O)N[C@@H](CCC(=O)C=[N+]=N)C(=O)OC(C)C. The number of thioether (sulfide) groups is 1. The molecule has 0 aliphatic heterocycles. The van der Waals surface area contributed by atoms with E-state index in [-0.39, 0.29) is 36.4 Å². The van der Waals surface area contributed by atoms with Gasteiger partial charge in [-0.05, 0) is 26.0 Å². The second-order valence-corrected chi connectivity index (χ2v) is 5.78. The van der Waals surface area contributed by atoms with Crippen molar-refractivity contribution >= 4 is 35.6 Å². The second-order valence-electron chi connectivity index (χ2n) is 4.51. The van der Waals surface area contributed by atoms with E-state index in [1.807, 2.05) is 6.92 Å². The second kappa shape index (κ2) is 11.0. The van der Waals surface area contributed by atoms with Crippen molar-refractivity contribution in [1.82, 2.24) is 5.32 Å². The average molecular weight is 316 g/mol. The molecule has 0 heterocycles. The van der Waals surface area contributed by atoms with Gasteiger partial charge in [0.1, 0.15) is 6.04 Å². The molecule has 0 aromatic rings. The summed E-state index contributed by atoms with van der Waals surface area (Å²) in [4.78, 5) is 37.8. The summed E-state index contributed by atoms with van der Waals surface area (Å²) in [5.74, 6) is -0.147. The Bertz CT molecular complexity index is 420. The van der Waals surface area contributed by atoms with E-state index < -0.39 is 12.0 Å². The third-order valence-corrected chi connectivity index (χ3v) is 3.17. The van der Waals surface area contributed by atoms with Crippen LogP contribution in [0.15, 0.2) is 0 Å². The molecule has 118 valence electrons. The maximum Gasteiger partial charge on any atom is 0.372 e. The first kappa shape index (κ1) is 19.3. The number of hydrogen-bond donors (Lipinski definition) is 2. The number of nitrogens with one attached hydrogen (secondary N) is 2. The van der Waals surface area contributed by atoms with Crippen LogP contribution in [0.1, 0.15) is 33.6 Å². The van der Waals surface area contributed by atoms with Crippen molar-refractivity contribution in [2.24, 2.45) is 0 Å². The van der Waals surface area contributed by atoms with Crippen LogP contribution in [0, 0.1) is 5.53 Å². The largest absolute Gasteiger partial charge is 0.461 e. The molecule has 0 fully saturated rings. The molecular formula is C13H22N3O4S+. The fourth-order valence-corrected chi connectivity index (χ4v) is 1.89. The summed E-state index contributed by atoms with van der Waals surface area (Å²) in [5.41, 5.74) is 6.57. The Balaban J connectivity index is 4.60. The number of ether oxygens (including phenoxy) is 1. The van der Waals surface area contributed by atoms with Gasteiger partial charge in [-0.2, -0.15) is 11.8 Å². The zero-order chi connectivity index (χ0) is 16.3. The van der Waals surface area contributed by atoms with E-state index in [0.717, 1.165) is 12.0 Å². The standard InChI is InChI=1S/C13H21N3O4S/c1-4-21-8-12(18)16-11(13(19)20-9(2)3)6-5-10(17)7-15-14/h7,9,11,14H,4-6,8H2,1-3H3/p+1/t11-/m0/s1. The first-order chi connectivity index (χ1) is 9.90. The van der Waals surface area contributed by atoms with E-state index in [0.29, 0.717) is 0 Å². The lowest BCUT2D eigenvalue weighted by atomic mass is 10.1. The summed E-state index contributed by atoms with van der Waals surface area (Å²) in [6, 6.07) is -0.861. The molecule has 0 rings (SSSR count). The number of rotatable bonds is 10. The highest BCUT2D eigenvalue weighted by Gasteiger charge is 2.24. The number of carbonyl (C=O) groups is 3. The average Bonchev–Trinajstić information content (AvgIpc) is 2.40. The molecule has 0 saturated heterocycles. The van der Waals surface area contributed by atoms with Gasteiger partial charge in [-0.15, -0.1) is 0 Å². The lowest BCUT2D eigenvalue weighted by Crippen LogP contribution is -2.43. The summed E-state index contributed by atoms with van der Waals surface area (Å²) in [6.07, 6.45) is 0.715. The molecule has 8 heteroatoms. The molecule has 0 aliphatic carbocycles. The normalized spacial score (nSPS) is 11.4. The maximum atomic E-state index is 11.9. The Labute approximate surface area is 128 Å². The first-order valence-corrected chi connectivity index (χ1v) is 7.86. The van der Waals surface area contributed by atoms with Gasteiger partial charge in [0.15, 0.2) is 0 Å². The van der Waals surface area contributed by atoms with Crippen molar-refractivity contribution in [2.75, 3.05) is 11.5 Å². The monoisotopic (exact) mass is 316 g/mol. The molecule has 2 N–H and O–H groups in total. The van der Waals surface area contributed by atoms with E-state index in [1.165, 1.54) is 11.8 Å². The van der Waals surface area contributed by atoms with Gasteiger partial charge in [0.05, 0.1) is 22.2 Å². The van der Waals surface area contributed by atoms with E-state index in [4.69, 9.17) is 10.3 Å². The third kappa shape index (κ3) is 9.81. The fraction of sp³-hybridized carbons (Fsp3) is 0.692. The molecule has 0 aromatic heterocycles. The van der Waals surface area contributed by atoms with Crippen LogP contribution >= 0.6 is 11.8 Å². The number of nitrogens with zero attached hydrogens (tertiary/aromatic N) is 1. The van der Waals surface area contributed by atoms with Gasteiger partial charge >= 0.3 is 12.2 Å². The van der Waals surface area contributed by atoms with Gasteiger partial charge in [-0.25, -0.2) is 4.79 Å². The predicted octanol–water partition coefficient (Wildman–Crippen LogP) is 0.835. The molecule has 0 saturated carbocycles. The zero-order valence-corrected chi connectivity index (χ0v) is 13.4. The number of hydrogen-bond acceptors (Lipinski definition) is 6. The minimum absolute atomic E-state index is 0.0153. The first-order valence-electron chi connectivity index (χ1n) is 6.70. The van der Waals surface area contributed by atoms with Crippen LogP contribution in [0.4, 0.5) is 0 Å². The number of esters is 1. The maximum absolute atomic E-state index is 11.9. The third-order valence-electron chi connectivity index (χ3n) is 2.30. The van der Waals surface area contributed by atoms with Crippen molar-refractivity contribution in [3.05, 3.63) is 0 Å². The molecule has 0 radical (unpaired) electrons. The molecule has 21 heavy (non-hydrogen) atoms. The van der Waals surface area contributed by atoms with Gasteiger partial charge in [-0.3, -0.25) is 9.59 Å². The number of amides is 1. The van der Waals surface area contributed by atoms with E-state index in [2.05, 4.69) is 10.1 Å². The predicted molar refractivity (Wildman–Crippen MR) is 79.4 cm³/mol. The summed E-state index contributed by atoms with van der Waals surface area (Å²) in [7, 11) is 0. The van der Waals surface area contributed by atoms with Gasteiger partial charge in [0, 0.05) is 6.42 Å². The quantitative estimate of drug-likeness (QED) is 0.268. The molecule has 0 aromatic carbocycles. The molecule has 1 atom stereocenters. The molecule has 1 amide bonds. The van der Waals surface area contributed by atoms with E-state index in [9.17, 15) is 14.4 Å². The van der Waals surface area contributed by atoms with Crippen LogP contribution in [0.2, 0.25) is 0 Å². The van der Waals surface area contributed by atoms with Crippen molar-refractivity contribution in [2.45, 2.75) is 45.8 Å². The summed E-state index contributed by atoms with van der Waals surface area (Å²) in [6.45, 7) is 5.35. The van der Waals surface area contributed by atoms with Crippen LogP contribution in [-0.4, -0.2) is 52.3 Å². The Hall–Kier alpha value is -1.66. The lowest BCUT2D eigenvalue weighted by molar-refractivity contribution is -0.151. The minimum Gasteiger partial charge on any atom is -0.461 e. The Kier molecular flexibility index (Phi) is 10.2. The highest BCUT2D eigenvalue weighted by molar-refractivity contribution is 7.99. The molecule has 0 unspecified atom stereocenters. The molecule has 0 spiro atoms. The lowest BCUT2D eigenvalue weighted by Gasteiger charge is -2.18. The topological polar surface area (TPSA) is 110 Å². The van der Waals surface area contributed by atoms with Crippen LogP contribution < -0.4 is 5.32 Å². The summed E-state index contributed by atoms with van der Waals surface area (Å²) >= 11 is 1.44. The van der Waals surface area contributed by atoms with E-state index in [1.54, 1.807) is 13.8 Å². The highest BCUT2D eigenvalue weighted by atomic mass is 32.2. The van der Waals surface area contributed by atoms with Crippen molar-refractivity contribution in [3.8, 4) is 0 Å². The number of ketones is 1. The van der Waals surface area contributed by atoms with Crippen molar-refractivity contribution < 1.29 is 23.9 Å². The van der Waals surface area contributed by atoms with Crippen molar-refractivity contribution in [1.29, 1.82) is 5.53 Å². The number of carbonyl (C=O) groups excluding carboxylic acids is 3. The Morgan fingerprint density at radius 3 is 2.57 bits per heavy atom. The fourth-order valence-electron chi connectivity index (χ4n) is 1.42. The van der Waals surface area contributed by atoms with Gasteiger partial charge in [0.25, 0.3) is 0 Å².